The van der Waals surface area contributed by atoms with E-state index < -0.39 is 44.0 Å². The van der Waals surface area contributed by atoms with E-state index in [1.54, 1.807) is 4.72 Å². The molecule has 0 aliphatic carbocycles. The molecule has 0 unspecified atom stereocenters. The van der Waals surface area contributed by atoms with Crippen LogP contribution in [0.4, 0.5) is 27.6 Å². The fourth-order valence-electron chi connectivity index (χ4n) is 1.69. The molecule has 0 heterocycles. The van der Waals surface area contributed by atoms with E-state index in [9.17, 15) is 30.4 Å². The van der Waals surface area contributed by atoms with E-state index in [1.165, 1.54) is 7.11 Å². The molecule has 1 N–H and O–H groups in total. The van der Waals surface area contributed by atoms with Crippen LogP contribution in [0.2, 0.25) is 0 Å². The Balaban J connectivity index is 2.46. The molecule has 0 atom stereocenters. The standard InChI is InChI=1S/C13H8F5NO3S/c1-22-9-3-2-6(4-7(9)14)19-23(20,21)10-5-8(15)11(16)13(18)12(10)17/h2-5,19H,1H3. The van der Waals surface area contributed by atoms with Crippen LogP contribution in [0, 0.1) is 29.1 Å². The van der Waals surface area contributed by atoms with Gasteiger partial charge in [0.05, 0.1) is 12.8 Å². The van der Waals surface area contributed by atoms with E-state index >= 15 is 0 Å². The highest BCUT2D eigenvalue weighted by atomic mass is 32.2. The molecule has 2 aromatic rings. The zero-order chi connectivity index (χ0) is 17.4. The summed E-state index contributed by atoms with van der Waals surface area (Å²) in [6.07, 6.45) is 0. The van der Waals surface area contributed by atoms with Gasteiger partial charge in [0.15, 0.2) is 34.8 Å². The minimum absolute atomic E-state index is 0.0179. The number of ether oxygens (including phenoxy) is 1. The normalized spacial score (nSPS) is 11.4. The monoisotopic (exact) mass is 353 g/mol. The highest BCUT2D eigenvalue weighted by molar-refractivity contribution is 7.92. The van der Waals surface area contributed by atoms with Gasteiger partial charge in [-0.3, -0.25) is 4.72 Å². The lowest BCUT2D eigenvalue weighted by Crippen LogP contribution is -2.17. The largest absolute Gasteiger partial charge is 0.494 e. The van der Waals surface area contributed by atoms with Gasteiger partial charge < -0.3 is 4.74 Å². The molecule has 0 bridgehead atoms. The molecular formula is C13H8F5NO3S. The second-order valence-electron chi connectivity index (χ2n) is 4.25. The van der Waals surface area contributed by atoms with E-state index in [4.69, 9.17) is 0 Å². The average Bonchev–Trinajstić information content (AvgIpc) is 2.48. The quantitative estimate of drug-likeness (QED) is 0.522. The van der Waals surface area contributed by atoms with Crippen molar-refractivity contribution in [2.24, 2.45) is 0 Å². The van der Waals surface area contributed by atoms with Crippen molar-refractivity contribution >= 4 is 15.7 Å². The Kier molecular flexibility index (Phi) is 4.46. The molecule has 0 aromatic heterocycles. The second kappa shape index (κ2) is 6.03. The number of anilines is 1. The molecule has 0 saturated carbocycles. The van der Waals surface area contributed by atoms with Crippen molar-refractivity contribution in [2.75, 3.05) is 11.8 Å². The van der Waals surface area contributed by atoms with Crippen LogP contribution in [0.5, 0.6) is 5.75 Å². The van der Waals surface area contributed by atoms with Gasteiger partial charge in [0, 0.05) is 12.1 Å². The summed E-state index contributed by atoms with van der Waals surface area (Å²) >= 11 is 0. The zero-order valence-corrected chi connectivity index (χ0v) is 12.1. The van der Waals surface area contributed by atoms with Crippen molar-refractivity contribution in [1.29, 1.82) is 0 Å². The van der Waals surface area contributed by atoms with Crippen molar-refractivity contribution in [3.05, 3.63) is 53.4 Å². The topological polar surface area (TPSA) is 55.4 Å². The van der Waals surface area contributed by atoms with E-state index in [-0.39, 0.29) is 17.5 Å². The summed E-state index contributed by atoms with van der Waals surface area (Å²) in [7, 11) is -3.64. The molecule has 10 heteroatoms. The molecule has 0 radical (unpaired) electrons. The van der Waals surface area contributed by atoms with Crippen molar-refractivity contribution < 1.29 is 35.1 Å². The molecule has 2 aromatic carbocycles. The highest BCUT2D eigenvalue weighted by Crippen LogP contribution is 2.26. The predicted molar refractivity (Wildman–Crippen MR) is 70.0 cm³/mol. The number of nitrogens with one attached hydrogen (secondary N) is 1. The summed E-state index contributed by atoms with van der Waals surface area (Å²) in [5.74, 6) is -9.50. The Morgan fingerprint density at radius 1 is 0.913 bits per heavy atom. The maximum atomic E-state index is 13.5. The van der Waals surface area contributed by atoms with Crippen LogP contribution in [0.1, 0.15) is 0 Å². The highest BCUT2D eigenvalue weighted by Gasteiger charge is 2.27. The minimum atomic E-state index is -4.82. The SMILES string of the molecule is COc1ccc(NS(=O)(=O)c2cc(F)c(F)c(F)c2F)cc1F. The van der Waals surface area contributed by atoms with Gasteiger partial charge in [-0.1, -0.05) is 0 Å². The first kappa shape index (κ1) is 17.0. The molecule has 0 saturated heterocycles. The Morgan fingerprint density at radius 3 is 2.13 bits per heavy atom. The Hall–Kier alpha value is -2.36. The van der Waals surface area contributed by atoms with Gasteiger partial charge in [-0.25, -0.2) is 30.4 Å². The second-order valence-corrected chi connectivity index (χ2v) is 5.90. The number of benzene rings is 2. The molecule has 23 heavy (non-hydrogen) atoms. The molecule has 0 aliphatic rings. The molecule has 2 rings (SSSR count). The fourth-order valence-corrected chi connectivity index (χ4v) is 2.82. The number of halogens is 5. The van der Waals surface area contributed by atoms with Gasteiger partial charge in [0.2, 0.25) is 0 Å². The molecule has 0 fully saturated rings. The average molecular weight is 353 g/mol. The van der Waals surface area contributed by atoms with E-state index in [1.807, 2.05) is 0 Å². The third-order valence-electron chi connectivity index (χ3n) is 2.76. The zero-order valence-electron chi connectivity index (χ0n) is 11.3. The number of methoxy groups -OCH3 is 1. The molecular weight excluding hydrogens is 345 g/mol. The third kappa shape index (κ3) is 3.21. The lowest BCUT2D eigenvalue weighted by Gasteiger charge is -2.11. The van der Waals surface area contributed by atoms with Crippen LogP contribution in [0.25, 0.3) is 0 Å². The van der Waals surface area contributed by atoms with Gasteiger partial charge in [-0.05, 0) is 12.1 Å². The van der Waals surface area contributed by atoms with Gasteiger partial charge in [-0.2, -0.15) is 0 Å². The summed E-state index contributed by atoms with van der Waals surface area (Å²) in [6, 6.07) is 2.85. The van der Waals surface area contributed by atoms with Gasteiger partial charge in [-0.15, -0.1) is 0 Å². The number of sulfonamides is 1. The van der Waals surface area contributed by atoms with Crippen LogP contribution in [0.15, 0.2) is 29.2 Å². The molecule has 0 spiro atoms. The van der Waals surface area contributed by atoms with Gasteiger partial charge in [0.25, 0.3) is 10.0 Å². The lowest BCUT2D eigenvalue weighted by atomic mass is 10.3. The summed E-state index contributed by atoms with van der Waals surface area (Å²) < 4.78 is 96.3. The van der Waals surface area contributed by atoms with Crippen molar-refractivity contribution in [3.63, 3.8) is 0 Å². The van der Waals surface area contributed by atoms with E-state index in [0.717, 1.165) is 12.1 Å². The van der Waals surface area contributed by atoms with Gasteiger partial charge >= 0.3 is 0 Å². The number of hydrogen-bond donors (Lipinski definition) is 1. The maximum absolute atomic E-state index is 13.5. The summed E-state index contributed by atoms with van der Waals surface area (Å²) in [4.78, 5) is -1.45. The lowest BCUT2D eigenvalue weighted by molar-refractivity contribution is 0.386. The van der Waals surface area contributed by atoms with Crippen molar-refractivity contribution in [1.82, 2.24) is 0 Å². The first-order valence-electron chi connectivity index (χ1n) is 5.86. The van der Waals surface area contributed by atoms with Crippen LogP contribution < -0.4 is 9.46 Å². The van der Waals surface area contributed by atoms with E-state index in [0.29, 0.717) is 6.07 Å². The van der Waals surface area contributed by atoms with Crippen LogP contribution in [0.3, 0.4) is 0 Å². The smallest absolute Gasteiger partial charge is 0.265 e. The molecule has 0 aliphatic heterocycles. The van der Waals surface area contributed by atoms with Crippen molar-refractivity contribution in [2.45, 2.75) is 4.90 Å². The fraction of sp³-hybridized carbons (Fsp3) is 0.0769. The van der Waals surface area contributed by atoms with Gasteiger partial charge in [0.1, 0.15) is 4.90 Å². The van der Waals surface area contributed by atoms with Crippen LogP contribution in [-0.4, -0.2) is 15.5 Å². The predicted octanol–water partition coefficient (Wildman–Crippen LogP) is 3.19. The Morgan fingerprint density at radius 2 is 1.57 bits per heavy atom. The first-order valence-corrected chi connectivity index (χ1v) is 7.35. The first-order chi connectivity index (χ1) is 10.7. The summed E-state index contributed by atoms with van der Waals surface area (Å²) in [5.41, 5.74) is -0.354. The summed E-state index contributed by atoms with van der Waals surface area (Å²) in [6.45, 7) is 0. The Labute approximate surface area is 127 Å². The molecule has 4 nitrogen and oxygen atoms in total. The van der Waals surface area contributed by atoms with Crippen molar-refractivity contribution in [3.8, 4) is 5.75 Å². The summed E-state index contributed by atoms with van der Waals surface area (Å²) in [5, 5.41) is 0. The van der Waals surface area contributed by atoms with Crippen LogP contribution in [-0.2, 0) is 10.0 Å². The number of rotatable bonds is 4. The minimum Gasteiger partial charge on any atom is -0.494 e. The molecule has 0 amide bonds. The number of hydrogen-bond acceptors (Lipinski definition) is 3. The molecule has 124 valence electrons. The Bertz CT molecular complexity index is 870. The maximum Gasteiger partial charge on any atom is 0.265 e. The van der Waals surface area contributed by atoms with Crippen LogP contribution >= 0.6 is 0 Å². The third-order valence-corrected chi connectivity index (χ3v) is 4.14. The van der Waals surface area contributed by atoms with E-state index in [2.05, 4.69) is 4.74 Å².